The third kappa shape index (κ3) is 4.10. The van der Waals surface area contributed by atoms with E-state index in [0.717, 1.165) is 18.4 Å². The van der Waals surface area contributed by atoms with E-state index >= 15 is 0 Å². The number of hydrogen-bond acceptors (Lipinski definition) is 2. The van der Waals surface area contributed by atoms with Gasteiger partial charge in [0.05, 0.1) is 4.90 Å². The molecule has 22 heavy (non-hydrogen) atoms. The Morgan fingerprint density at radius 1 is 0.955 bits per heavy atom. The molecule has 4 heteroatoms. The van der Waals surface area contributed by atoms with Crippen LogP contribution in [0.3, 0.4) is 0 Å². The molecule has 2 rings (SSSR count). The van der Waals surface area contributed by atoms with Gasteiger partial charge in [0.25, 0.3) is 10.0 Å². The van der Waals surface area contributed by atoms with Crippen molar-refractivity contribution in [1.29, 1.82) is 0 Å². The molecule has 2 aromatic rings. The number of sulfonamides is 1. The molecular weight excluding hydrogens is 294 g/mol. The van der Waals surface area contributed by atoms with Gasteiger partial charge in [-0.15, -0.1) is 0 Å². The summed E-state index contributed by atoms with van der Waals surface area (Å²) in [6.07, 6.45) is 2.01. The Labute approximate surface area is 133 Å². The fourth-order valence-electron chi connectivity index (χ4n) is 2.27. The summed E-state index contributed by atoms with van der Waals surface area (Å²) in [5.41, 5.74) is 2.93. The summed E-state index contributed by atoms with van der Waals surface area (Å²) in [6, 6.07) is 14.6. The second kappa shape index (κ2) is 6.97. The van der Waals surface area contributed by atoms with Gasteiger partial charge in [0, 0.05) is 5.69 Å². The predicted octanol–water partition coefficient (Wildman–Crippen LogP) is 4.56. The minimum atomic E-state index is -3.53. The van der Waals surface area contributed by atoms with Gasteiger partial charge in [-0.05, 0) is 47.7 Å². The quantitative estimate of drug-likeness (QED) is 0.848. The van der Waals surface area contributed by atoms with Crippen molar-refractivity contribution in [3.8, 4) is 0 Å². The van der Waals surface area contributed by atoms with Crippen molar-refractivity contribution in [3.63, 3.8) is 0 Å². The van der Waals surface area contributed by atoms with Gasteiger partial charge < -0.3 is 0 Å². The Kier molecular flexibility index (Phi) is 5.24. The molecule has 3 nitrogen and oxygen atoms in total. The monoisotopic (exact) mass is 317 g/mol. The van der Waals surface area contributed by atoms with Crippen molar-refractivity contribution in [2.24, 2.45) is 0 Å². The molecule has 0 bridgehead atoms. The number of anilines is 1. The second-order valence-corrected chi connectivity index (χ2v) is 7.46. The summed E-state index contributed by atoms with van der Waals surface area (Å²) in [7, 11) is -3.53. The van der Waals surface area contributed by atoms with Crippen LogP contribution in [0.1, 0.15) is 44.2 Å². The maximum absolute atomic E-state index is 12.4. The van der Waals surface area contributed by atoms with Crippen molar-refractivity contribution in [2.75, 3.05) is 4.72 Å². The molecule has 0 aromatic heterocycles. The smallest absolute Gasteiger partial charge is 0.261 e. The van der Waals surface area contributed by atoms with E-state index in [1.165, 1.54) is 5.56 Å². The molecule has 0 heterocycles. The van der Waals surface area contributed by atoms with Crippen LogP contribution < -0.4 is 4.72 Å². The van der Waals surface area contributed by atoms with E-state index in [1.54, 1.807) is 24.3 Å². The molecule has 0 aliphatic rings. The highest BCUT2D eigenvalue weighted by Gasteiger charge is 2.14. The zero-order valence-electron chi connectivity index (χ0n) is 13.3. The van der Waals surface area contributed by atoms with Crippen LogP contribution in [-0.2, 0) is 16.4 Å². The minimum Gasteiger partial charge on any atom is -0.280 e. The molecule has 2 aromatic carbocycles. The Hall–Kier alpha value is -1.81. The van der Waals surface area contributed by atoms with Gasteiger partial charge in [0.2, 0.25) is 0 Å². The third-order valence-electron chi connectivity index (χ3n) is 3.60. The van der Waals surface area contributed by atoms with Gasteiger partial charge in [-0.3, -0.25) is 4.72 Å². The van der Waals surface area contributed by atoms with E-state index in [4.69, 9.17) is 0 Å². The maximum Gasteiger partial charge on any atom is 0.261 e. The van der Waals surface area contributed by atoms with E-state index in [-0.39, 0.29) is 0 Å². The van der Waals surface area contributed by atoms with Gasteiger partial charge >= 0.3 is 0 Å². The van der Waals surface area contributed by atoms with E-state index in [9.17, 15) is 8.42 Å². The molecular formula is C18H23NO2S. The molecule has 0 spiro atoms. The van der Waals surface area contributed by atoms with Crippen LogP contribution in [0.2, 0.25) is 0 Å². The standard InChI is InChI=1S/C18H23NO2S/c1-4-5-15-6-12-18(13-7-15)22(20,21)19-17-10-8-16(9-11-17)14(2)3/h6-14,19H,4-5H2,1-3H3. The summed E-state index contributed by atoms with van der Waals surface area (Å²) in [6.45, 7) is 6.32. The first-order valence-electron chi connectivity index (χ1n) is 7.64. The zero-order valence-corrected chi connectivity index (χ0v) is 14.2. The van der Waals surface area contributed by atoms with Crippen LogP contribution in [0.15, 0.2) is 53.4 Å². The molecule has 0 radical (unpaired) electrons. The molecule has 1 N–H and O–H groups in total. The highest BCUT2D eigenvalue weighted by atomic mass is 32.2. The fraction of sp³-hybridized carbons (Fsp3) is 0.333. The Morgan fingerprint density at radius 3 is 2.05 bits per heavy atom. The molecule has 118 valence electrons. The van der Waals surface area contributed by atoms with Crippen molar-refractivity contribution in [2.45, 2.75) is 44.4 Å². The lowest BCUT2D eigenvalue weighted by Gasteiger charge is -2.10. The minimum absolute atomic E-state index is 0.292. The Bertz CT molecular complexity index is 702. The van der Waals surface area contributed by atoms with Crippen LogP contribution in [0, 0.1) is 0 Å². The molecule has 0 fully saturated rings. The maximum atomic E-state index is 12.4. The zero-order chi connectivity index (χ0) is 16.2. The molecule has 0 saturated carbocycles. The number of nitrogens with one attached hydrogen (secondary N) is 1. The Morgan fingerprint density at radius 2 is 1.55 bits per heavy atom. The first-order valence-corrected chi connectivity index (χ1v) is 9.12. The average Bonchev–Trinajstić information content (AvgIpc) is 2.48. The van der Waals surface area contributed by atoms with Crippen LogP contribution in [0.5, 0.6) is 0 Å². The molecule has 0 aliphatic heterocycles. The summed E-state index contributed by atoms with van der Waals surface area (Å²) in [5, 5.41) is 0. The lowest BCUT2D eigenvalue weighted by molar-refractivity contribution is 0.601. The fourth-order valence-corrected chi connectivity index (χ4v) is 3.33. The molecule has 0 amide bonds. The number of aryl methyl sites for hydroxylation is 1. The molecule has 0 atom stereocenters. The van der Waals surface area contributed by atoms with E-state index in [2.05, 4.69) is 25.5 Å². The average molecular weight is 317 g/mol. The van der Waals surface area contributed by atoms with Gasteiger partial charge in [0.15, 0.2) is 0 Å². The van der Waals surface area contributed by atoms with Gasteiger partial charge in [-0.25, -0.2) is 8.42 Å². The Balaban J connectivity index is 2.16. The third-order valence-corrected chi connectivity index (χ3v) is 5.00. The first kappa shape index (κ1) is 16.6. The number of hydrogen-bond donors (Lipinski definition) is 1. The van der Waals surface area contributed by atoms with E-state index < -0.39 is 10.0 Å². The molecule has 0 aliphatic carbocycles. The predicted molar refractivity (Wildman–Crippen MR) is 91.8 cm³/mol. The lowest BCUT2D eigenvalue weighted by Crippen LogP contribution is -2.13. The normalized spacial score (nSPS) is 11.6. The van der Waals surface area contributed by atoms with Crippen molar-refractivity contribution >= 4 is 15.7 Å². The molecule has 0 saturated heterocycles. The van der Waals surface area contributed by atoms with Crippen molar-refractivity contribution < 1.29 is 8.42 Å². The van der Waals surface area contributed by atoms with Crippen molar-refractivity contribution in [3.05, 3.63) is 59.7 Å². The van der Waals surface area contributed by atoms with Crippen molar-refractivity contribution in [1.82, 2.24) is 0 Å². The van der Waals surface area contributed by atoms with Crippen LogP contribution in [0.25, 0.3) is 0 Å². The first-order chi connectivity index (χ1) is 10.4. The van der Waals surface area contributed by atoms with E-state index in [0.29, 0.717) is 16.5 Å². The van der Waals surface area contributed by atoms with Gasteiger partial charge in [0.1, 0.15) is 0 Å². The second-order valence-electron chi connectivity index (χ2n) is 5.78. The highest BCUT2D eigenvalue weighted by Crippen LogP contribution is 2.20. The van der Waals surface area contributed by atoms with Crippen LogP contribution in [-0.4, -0.2) is 8.42 Å². The summed E-state index contributed by atoms with van der Waals surface area (Å²) in [5.74, 6) is 0.428. The SMILES string of the molecule is CCCc1ccc(S(=O)(=O)Nc2ccc(C(C)C)cc2)cc1. The summed E-state index contributed by atoms with van der Waals surface area (Å²) >= 11 is 0. The van der Waals surface area contributed by atoms with Crippen LogP contribution >= 0.6 is 0 Å². The summed E-state index contributed by atoms with van der Waals surface area (Å²) < 4.78 is 27.4. The number of rotatable bonds is 6. The lowest BCUT2D eigenvalue weighted by atomic mass is 10.0. The summed E-state index contributed by atoms with van der Waals surface area (Å²) in [4.78, 5) is 0.292. The largest absolute Gasteiger partial charge is 0.280 e. The topological polar surface area (TPSA) is 46.2 Å². The van der Waals surface area contributed by atoms with Gasteiger partial charge in [-0.1, -0.05) is 51.5 Å². The number of benzene rings is 2. The molecule has 0 unspecified atom stereocenters. The highest BCUT2D eigenvalue weighted by molar-refractivity contribution is 7.92. The van der Waals surface area contributed by atoms with Crippen LogP contribution in [0.4, 0.5) is 5.69 Å². The van der Waals surface area contributed by atoms with Gasteiger partial charge in [-0.2, -0.15) is 0 Å². The van der Waals surface area contributed by atoms with E-state index in [1.807, 2.05) is 24.3 Å².